The summed E-state index contributed by atoms with van der Waals surface area (Å²) in [7, 11) is 0. The lowest BCUT2D eigenvalue weighted by Gasteiger charge is -2.06. The highest BCUT2D eigenvalue weighted by atomic mass is 35.5. The quantitative estimate of drug-likeness (QED) is 0.851. The van der Waals surface area contributed by atoms with E-state index >= 15 is 0 Å². The molecular formula is C13H13ClFNOS. The molecule has 1 atom stereocenters. The molecule has 0 radical (unpaired) electrons. The second-order valence-electron chi connectivity index (χ2n) is 4.01. The van der Waals surface area contributed by atoms with Crippen molar-refractivity contribution in [1.29, 1.82) is 0 Å². The van der Waals surface area contributed by atoms with Crippen molar-refractivity contribution in [2.45, 2.75) is 18.7 Å². The minimum absolute atomic E-state index is 0.0548. The minimum Gasteiger partial charge on any atom is -0.350 e. The fourth-order valence-electron chi connectivity index (χ4n) is 1.55. The van der Waals surface area contributed by atoms with Crippen molar-refractivity contribution >= 4 is 38.9 Å². The molecule has 1 aromatic heterocycles. The lowest BCUT2D eigenvalue weighted by molar-refractivity contribution is 0.0957. The lowest BCUT2D eigenvalue weighted by atomic mass is 10.2. The molecule has 2 nitrogen and oxygen atoms in total. The van der Waals surface area contributed by atoms with Crippen LogP contribution < -0.4 is 5.32 Å². The lowest BCUT2D eigenvalue weighted by Crippen LogP contribution is -2.28. The Labute approximate surface area is 114 Å². The van der Waals surface area contributed by atoms with Crippen molar-refractivity contribution in [2.24, 2.45) is 0 Å². The number of hydrogen-bond acceptors (Lipinski definition) is 2. The molecule has 5 heteroatoms. The second kappa shape index (κ2) is 5.67. The summed E-state index contributed by atoms with van der Waals surface area (Å²) in [6, 6.07) is 6.27. The van der Waals surface area contributed by atoms with Gasteiger partial charge in [0.1, 0.15) is 5.82 Å². The largest absolute Gasteiger partial charge is 0.350 e. The molecule has 0 aliphatic heterocycles. The van der Waals surface area contributed by atoms with Gasteiger partial charge in [0.2, 0.25) is 0 Å². The van der Waals surface area contributed by atoms with Crippen LogP contribution in [-0.2, 0) is 0 Å². The number of halogens is 2. The van der Waals surface area contributed by atoms with Gasteiger partial charge in [-0.15, -0.1) is 22.9 Å². The number of benzene rings is 1. The van der Waals surface area contributed by atoms with Crippen molar-refractivity contribution in [3.05, 3.63) is 35.0 Å². The number of thiophene rings is 1. The second-order valence-corrected chi connectivity index (χ2v) is 5.71. The van der Waals surface area contributed by atoms with E-state index in [1.165, 1.54) is 23.5 Å². The van der Waals surface area contributed by atoms with E-state index in [1.54, 1.807) is 12.1 Å². The molecule has 96 valence electrons. The topological polar surface area (TPSA) is 29.1 Å². The highest BCUT2D eigenvalue weighted by Gasteiger charge is 2.11. The SMILES string of the molecule is CCC(Cl)CNC(=O)c1cc2ccc(F)cc2s1. The summed E-state index contributed by atoms with van der Waals surface area (Å²) in [4.78, 5) is 12.4. The van der Waals surface area contributed by atoms with Crippen LogP contribution in [0.3, 0.4) is 0 Å². The monoisotopic (exact) mass is 285 g/mol. The number of amides is 1. The van der Waals surface area contributed by atoms with Crippen molar-refractivity contribution < 1.29 is 9.18 Å². The Bertz CT molecular complexity index is 569. The first-order valence-corrected chi connectivity index (χ1v) is 6.97. The maximum absolute atomic E-state index is 13.0. The van der Waals surface area contributed by atoms with E-state index in [-0.39, 0.29) is 17.1 Å². The molecule has 1 unspecified atom stereocenters. The number of nitrogens with one attached hydrogen (secondary N) is 1. The van der Waals surface area contributed by atoms with Gasteiger partial charge < -0.3 is 5.32 Å². The predicted molar refractivity (Wildman–Crippen MR) is 74.0 cm³/mol. The van der Waals surface area contributed by atoms with Gasteiger partial charge >= 0.3 is 0 Å². The maximum atomic E-state index is 13.0. The van der Waals surface area contributed by atoms with E-state index < -0.39 is 0 Å². The summed E-state index contributed by atoms with van der Waals surface area (Å²) in [6.07, 6.45) is 0.805. The van der Waals surface area contributed by atoms with E-state index in [2.05, 4.69) is 5.32 Å². The van der Waals surface area contributed by atoms with Crippen LogP contribution in [0.4, 0.5) is 4.39 Å². The molecule has 0 bridgehead atoms. The van der Waals surface area contributed by atoms with Crippen LogP contribution in [0.25, 0.3) is 10.1 Å². The third-order valence-corrected chi connectivity index (χ3v) is 4.19. The first-order chi connectivity index (χ1) is 8.60. The van der Waals surface area contributed by atoms with Gasteiger partial charge in [0, 0.05) is 11.2 Å². The molecule has 0 aliphatic rings. The average molecular weight is 286 g/mol. The van der Waals surface area contributed by atoms with Crippen molar-refractivity contribution in [2.75, 3.05) is 6.54 Å². The first-order valence-electron chi connectivity index (χ1n) is 5.71. The maximum Gasteiger partial charge on any atom is 0.261 e. The van der Waals surface area contributed by atoms with Crippen molar-refractivity contribution in [3.63, 3.8) is 0 Å². The molecule has 0 fully saturated rings. The molecule has 0 saturated carbocycles. The van der Waals surface area contributed by atoms with Gasteiger partial charge in [0.25, 0.3) is 5.91 Å². The molecular weight excluding hydrogens is 273 g/mol. The zero-order chi connectivity index (χ0) is 13.1. The zero-order valence-electron chi connectivity index (χ0n) is 9.87. The normalized spacial score (nSPS) is 12.6. The summed E-state index contributed by atoms with van der Waals surface area (Å²) in [5.41, 5.74) is 0. The Balaban J connectivity index is 2.13. The van der Waals surface area contributed by atoms with E-state index in [4.69, 9.17) is 11.6 Å². The van der Waals surface area contributed by atoms with E-state index in [0.717, 1.165) is 16.5 Å². The number of carbonyl (C=O) groups is 1. The molecule has 0 saturated heterocycles. The highest BCUT2D eigenvalue weighted by molar-refractivity contribution is 7.20. The summed E-state index contributed by atoms with van der Waals surface area (Å²) >= 11 is 7.22. The Morgan fingerprint density at radius 1 is 1.50 bits per heavy atom. The number of fused-ring (bicyclic) bond motifs is 1. The molecule has 18 heavy (non-hydrogen) atoms. The van der Waals surface area contributed by atoms with Gasteiger partial charge in [-0.05, 0) is 30.0 Å². The van der Waals surface area contributed by atoms with Crippen molar-refractivity contribution in [1.82, 2.24) is 5.32 Å². The summed E-state index contributed by atoms with van der Waals surface area (Å²) in [5, 5.41) is 3.60. The van der Waals surface area contributed by atoms with E-state index in [9.17, 15) is 9.18 Å². The van der Waals surface area contributed by atoms with Crippen molar-refractivity contribution in [3.8, 4) is 0 Å². The van der Waals surface area contributed by atoms with Gasteiger partial charge in [-0.3, -0.25) is 4.79 Å². The first kappa shape index (κ1) is 13.3. The molecule has 0 aliphatic carbocycles. The fourth-order valence-corrected chi connectivity index (χ4v) is 2.63. The Hall–Kier alpha value is -1.13. The van der Waals surface area contributed by atoms with Gasteiger partial charge in [-0.1, -0.05) is 13.0 Å². The fraction of sp³-hybridized carbons (Fsp3) is 0.308. The molecule has 1 amide bonds. The molecule has 1 aromatic carbocycles. The molecule has 1 N–H and O–H groups in total. The summed E-state index contributed by atoms with van der Waals surface area (Å²) in [6.45, 7) is 2.41. The Morgan fingerprint density at radius 2 is 2.28 bits per heavy atom. The van der Waals surface area contributed by atoms with Gasteiger partial charge in [0.05, 0.1) is 10.3 Å². The molecule has 1 heterocycles. The van der Waals surface area contributed by atoms with Crippen LogP contribution in [0.2, 0.25) is 0 Å². The Morgan fingerprint density at radius 3 is 3.00 bits per heavy atom. The summed E-state index contributed by atoms with van der Waals surface area (Å²) in [5.74, 6) is -0.446. The van der Waals surface area contributed by atoms with Crippen LogP contribution in [0.15, 0.2) is 24.3 Å². The van der Waals surface area contributed by atoms with Crippen LogP contribution in [0, 0.1) is 5.82 Å². The predicted octanol–water partition coefficient (Wildman–Crippen LogP) is 3.79. The van der Waals surface area contributed by atoms with Gasteiger partial charge in [0.15, 0.2) is 0 Å². The Kier molecular flexibility index (Phi) is 4.19. The summed E-state index contributed by atoms with van der Waals surface area (Å²) < 4.78 is 13.8. The number of rotatable bonds is 4. The van der Waals surface area contributed by atoms with Gasteiger partial charge in [-0.2, -0.15) is 0 Å². The molecule has 2 aromatic rings. The number of alkyl halides is 1. The van der Waals surface area contributed by atoms with Crippen LogP contribution >= 0.6 is 22.9 Å². The van der Waals surface area contributed by atoms with E-state index in [0.29, 0.717) is 11.4 Å². The third-order valence-electron chi connectivity index (χ3n) is 2.63. The highest BCUT2D eigenvalue weighted by Crippen LogP contribution is 2.26. The molecule has 0 spiro atoms. The molecule has 2 rings (SSSR count). The van der Waals surface area contributed by atoms with Crippen LogP contribution in [0.5, 0.6) is 0 Å². The number of carbonyl (C=O) groups excluding carboxylic acids is 1. The minimum atomic E-state index is -0.289. The van der Waals surface area contributed by atoms with Crippen LogP contribution in [-0.4, -0.2) is 17.8 Å². The number of hydrogen-bond donors (Lipinski definition) is 1. The smallest absolute Gasteiger partial charge is 0.261 e. The average Bonchev–Trinajstić information content (AvgIpc) is 2.78. The zero-order valence-corrected chi connectivity index (χ0v) is 11.4. The standard InChI is InChI=1S/C13H13ClFNOS/c1-2-9(14)7-16-13(17)12-5-8-3-4-10(15)6-11(8)18-12/h3-6,9H,2,7H2,1H3,(H,16,17). The van der Waals surface area contributed by atoms with Gasteiger partial charge in [-0.25, -0.2) is 4.39 Å². The van der Waals surface area contributed by atoms with E-state index in [1.807, 2.05) is 6.92 Å². The third kappa shape index (κ3) is 3.00. The van der Waals surface area contributed by atoms with Crippen LogP contribution in [0.1, 0.15) is 23.0 Å².